The fourth-order valence-corrected chi connectivity index (χ4v) is 2.79. The quantitative estimate of drug-likeness (QED) is 0.698. The lowest BCUT2D eigenvalue weighted by Crippen LogP contribution is -2.31. The Balaban J connectivity index is 2.00. The third kappa shape index (κ3) is 4.91. The standard InChI is InChI=1S/C20H25NO3/c1-2-16(17-10-8-15(13-22)9-11-17)12-20(24)21-19(14-23)18-6-4-3-5-7-18/h3-11,16,19,22-23H,2,12-14H2,1H3,(H,21,24)/t16-,19-/m0/s1. The summed E-state index contributed by atoms with van der Waals surface area (Å²) in [6, 6.07) is 16.8. The van der Waals surface area contributed by atoms with Gasteiger partial charge < -0.3 is 15.5 Å². The van der Waals surface area contributed by atoms with Crippen molar-refractivity contribution < 1.29 is 15.0 Å². The highest BCUT2D eigenvalue weighted by atomic mass is 16.3. The van der Waals surface area contributed by atoms with Crippen molar-refractivity contribution in [2.45, 2.75) is 38.3 Å². The molecular formula is C20H25NO3. The Kier molecular flexibility index (Phi) is 6.97. The second-order valence-electron chi connectivity index (χ2n) is 5.92. The lowest BCUT2D eigenvalue weighted by atomic mass is 9.92. The van der Waals surface area contributed by atoms with E-state index in [0.717, 1.165) is 23.1 Å². The van der Waals surface area contributed by atoms with E-state index in [-0.39, 0.29) is 31.1 Å². The molecule has 0 aliphatic carbocycles. The summed E-state index contributed by atoms with van der Waals surface area (Å²) in [6.07, 6.45) is 1.22. The van der Waals surface area contributed by atoms with Gasteiger partial charge in [-0.1, -0.05) is 61.5 Å². The molecule has 0 fully saturated rings. The molecule has 3 N–H and O–H groups in total. The second kappa shape index (κ2) is 9.21. The number of hydrogen-bond donors (Lipinski definition) is 3. The van der Waals surface area contributed by atoms with Gasteiger partial charge in [0.15, 0.2) is 0 Å². The first kappa shape index (κ1) is 18.2. The molecule has 0 heterocycles. The van der Waals surface area contributed by atoms with Crippen molar-refractivity contribution in [3.8, 4) is 0 Å². The summed E-state index contributed by atoms with van der Waals surface area (Å²) < 4.78 is 0. The van der Waals surface area contributed by atoms with Gasteiger partial charge in [0.1, 0.15) is 0 Å². The SMILES string of the molecule is CC[C@@H](CC(=O)N[C@@H](CO)c1ccccc1)c1ccc(CO)cc1. The first-order valence-corrected chi connectivity index (χ1v) is 8.32. The number of carbonyl (C=O) groups is 1. The molecule has 0 unspecified atom stereocenters. The molecule has 0 saturated carbocycles. The number of aliphatic hydroxyl groups is 2. The maximum Gasteiger partial charge on any atom is 0.221 e. The van der Waals surface area contributed by atoms with Gasteiger partial charge in [0.25, 0.3) is 0 Å². The number of rotatable bonds is 8. The van der Waals surface area contributed by atoms with Crippen molar-refractivity contribution in [1.82, 2.24) is 5.32 Å². The van der Waals surface area contributed by atoms with Gasteiger partial charge in [-0.2, -0.15) is 0 Å². The van der Waals surface area contributed by atoms with Crippen LogP contribution in [0.4, 0.5) is 0 Å². The summed E-state index contributed by atoms with van der Waals surface area (Å²) in [5.74, 6) is 0.0452. The van der Waals surface area contributed by atoms with E-state index < -0.39 is 0 Å². The predicted octanol–water partition coefficient (Wildman–Crippen LogP) is 2.91. The fourth-order valence-electron chi connectivity index (χ4n) is 2.79. The summed E-state index contributed by atoms with van der Waals surface area (Å²) in [6.45, 7) is 1.95. The molecule has 2 atom stereocenters. The van der Waals surface area contributed by atoms with Gasteiger partial charge in [-0.15, -0.1) is 0 Å². The Labute approximate surface area is 143 Å². The van der Waals surface area contributed by atoms with Crippen LogP contribution in [0.2, 0.25) is 0 Å². The lowest BCUT2D eigenvalue weighted by molar-refractivity contribution is -0.122. The van der Waals surface area contributed by atoms with Crippen molar-refractivity contribution in [2.75, 3.05) is 6.61 Å². The second-order valence-corrected chi connectivity index (χ2v) is 5.92. The van der Waals surface area contributed by atoms with E-state index in [9.17, 15) is 9.90 Å². The van der Waals surface area contributed by atoms with Crippen LogP contribution < -0.4 is 5.32 Å². The first-order chi connectivity index (χ1) is 11.7. The molecule has 0 saturated heterocycles. The molecule has 2 rings (SSSR count). The van der Waals surface area contributed by atoms with Crippen molar-refractivity contribution in [2.24, 2.45) is 0 Å². The van der Waals surface area contributed by atoms with E-state index in [4.69, 9.17) is 5.11 Å². The van der Waals surface area contributed by atoms with E-state index in [1.54, 1.807) is 0 Å². The zero-order valence-corrected chi connectivity index (χ0v) is 14.0. The predicted molar refractivity (Wildman–Crippen MR) is 94.4 cm³/mol. The molecule has 2 aromatic rings. The topological polar surface area (TPSA) is 69.6 Å². The number of carbonyl (C=O) groups excluding carboxylic acids is 1. The fraction of sp³-hybridized carbons (Fsp3) is 0.350. The third-order valence-corrected chi connectivity index (χ3v) is 4.28. The summed E-state index contributed by atoms with van der Waals surface area (Å²) in [7, 11) is 0. The number of nitrogens with one attached hydrogen (secondary N) is 1. The molecule has 0 aromatic heterocycles. The Hall–Kier alpha value is -2.17. The van der Waals surface area contributed by atoms with Gasteiger partial charge in [0.2, 0.25) is 5.91 Å². The maximum atomic E-state index is 12.4. The van der Waals surface area contributed by atoms with Gasteiger partial charge in [-0.25, -0.2) is 0 Å². The highest BCUT2D eigenvalue weighted by molar-refractivity contribution is 5.77. The number of amides is 1. The Morgan fingerprint density at radius 1 is 1.00 bits per heavy atom. The molecule has 128 valence electrons. The zero-order valence-electron chi connectivity index (χ0n) is 14.0. The number of benzene rings is 2. The van der Waals surface area contributed by atoms with Gasteiger partial charge in [0, 0.05) is 6.42 Å². The van der Waals surface area contributed by atoms with Crippen LogP contribution >= 0.6 is 0 Å². The van der Waals surface area contributed by atoms with Crippen molar-refractivity contribution in [3.05, 3.63) is 71.3 Å². The van der Waals surface area contributed by atoms with Crippen LogP contribution in [0.15, 0.2) is 54.6 Å². The molecule has 0 aliphatic rings. The highest BCUT2D eigenvalue weighted by Gasteiger charge is 2.18. The first-order valence-electron chi connectivity index (χ1n) is 8.32. The Bertz CT molecular complexity index is 625. The monoisotopic (exact) mass is 327 g/mol. The maximum absolute atomic E-state index is 12.4. The van der Waals surface area contributed by atoms with Crippen molar-refractivity contribution in [3.63, 3.8) is 0 Å². The van der Waals surface area contributed by atoms with Crippen molar-refractivity contribution in [1.29, 1.82) is 0 Å². The minimum atomic E-state index is -0.382. The minimum Gasteiger partial charge on any atom is -0.394 e. The third-order valence-electron chi connectivity index (χ3n) is 4.28. The molecule has 0 radical (unpaired) electrons. The average molecular weight is 327 g/mol. The smallest absolute Gasteiger partial charge is 0.221 e. The Morgan fingerprint density at radius 3 is 2.21 bits per heavy atom. The molecule has 4 heteroatoms. The molecule has 4 nitrogen and oxygen atoms in total. The van der Waals surface area contributed by atoms with Gasteiger partial charge in [0.05, 0.1) is 19.3 Å². The minimum absolute atomic E-state index is 0.0206. The summed E-state index contributed by atoms with van der Waals surface area (Å²) >= 11 is 0. The van der Waals surface area contributed by atoms with E-state index in [1.165, 1.54) is 0 Å². The normalized spacial score (nSPS) is 13.3. The van der Waals surface area contributed by atoms with Gasteiger partial charge >= 0.3 is 0 Å². The highest BCUT2D eigenvalue weighted by Crippen LogP contribution is 2.24. The van der Waals surface area contributed by atoms with E-state index in [2.05, 4.69) is 12.2 Å². The summed E-state index contributed by atoms with van der Waals surface area (Å²) in [4.78, 5) is 12.4. The summed E-state index contributed by atoms with van der Waals surface area (Å²) in [5.41, 5.74) is 2.85. The molecule has 0 bridgehead atoms. The van der Waals surface area contributed by atoms with Crippen LogP contribution in [-0.2, 0) is 11.4 Å². The van der Waals surface area contributed by atoms with E-state index in [0.29, 0.717) is 6.42 Å². The molecule has 24 heavy (non-hydrogen) atoms. The number of aliphatic hydroxyl groups excluding tert-OH is 2. The van der Waals surface area contributed by atoms with E-state index >= 15 is 0 Å². The molecular weight excluding hydrogens is 302 g/mol. The average Bonchev–Trinajstić information content (AvgIpc) is 2.65. The molecule has 0 spiro atoms. The van der Waals surface area contributed by atoms with E-state index in [1.807, 2.05) is 54.6 Å². The largest absolute Gasteiger partial charge is 0.394 e. The van der Waals surface area contributed by atoms with Crippen LogP contribution in [0.3, 0.4) is 0 Å². The zero-order chi connectivity index (χ0) is 17.4. The molecule has 2 aromatic carbocycles. The van der Waals surface area contributed by atoms with Crippen LogP contribution in [-0.4, -0.2) is 22.7 Å². The van der Waals surface area contributed by atoms with Crippen LogP contribution in [0.1, 0.15) is 48.4 Å². The van der Waals surface area contributed by atoms with Crippen LogP contribution in [0, 0.1) is 0 Å². The van der Waals surface area contributed by atoms with Gasteiger partial charge in [-0.05, 0) is 29.0 Å². The van der Waals surface area contributed by atoms with Crippen LogP contribution in [0.25, 0.3) is 0 Å². The molecule has 0 aliphatic heterocycles. The molecule has 1 amide bonds. The lowest BCUT2D eigenvalue weighted by Gasteiger charge is -2.20. The van der Waals surface area contributed by atoms with Crippen molar-refractivity contribution >= 4 is 5.91 Å². The Morgan fingerprint density at radius 2 is 1.67 bits per heavy atom. The summed E-state index contributed by atoms with van der Waals surface area (Å²) in [5, 5.41) is 21.6. The van der Waals surface area contributed by atoms with Gasteiger partial charge in [-0.3, -0.25) is 4.79 Å². The number of hydrogen-bond acceptors (Lipinski definition) is 3. The van der Waals surface area contributed by atoms with Crippen LogP contribution in [0.5, 0.6) is 0 Å².